The number of amides is 1. The predicted molar refractivity (Wildman–Crippen MR) is 129 cm³/mol. The van der Waals surface area contributed by atoms with Crippen LogP contribution in [-0.4, -0.2) is 30.0 Å². The standard InChI is InChI=1S/C26H25NO5S/c1-15(2)32-20-12-7-17(14-16(20)3)24(28)22-23(21-6-5-13-33-21)27(26(30)25(22)29)18-8-10-19(31-4)11-9-18/h5-15,23,28H,1-4H3/b24-22-. The zero-order valence-electron chi connectivity index (χ0n) is 18.9. The Morgan fingerprint density at radius 2 is 1.82 bits per heavy atom. The first-order valence-corrected chi connectivity index (χ1v) is 11.5. The SMILES string of the molecule is COc1ccc(N2C(=O)C(=O)/C(=C(\O)c3ccc(OC(C)C)c(C)c3)C2c2cccs2)cc1. The van der Waals surface area contributed by atoms with Crippen LogP contribution in [0.2, 0.25) is 0 Å². The van der Waals surface area contributed by atoms with Crippen molar-refractivity contribution < 1.29 is 24.2 Å². The molecule has 0 radical (unpaired) electrons. The average Bonchev–Trinajstić information content (AvgIpc) is 3.41. The number of carbonyl (C=O) groups is 2. The Kier molecular flexibility index (Phi) is 6.24. The molecule has 1 saturated heterocycles. The zero-order valence-corrected chi connectivity index (χ0v) is 19.7. The number of aliphatic hydroxyl groups excluding tert-OH is 1. The zero-order chi connectivity index (χ0) is 23.7. The second-order valence-electron chi connectivity index (χ2n) is 8.03. The van der Waals surface area contributed by atoms with Gasteiger partial charge in [-0.1, -0.05) is 6.07 Å². The number of anilines is 1. The summed E-state index contributed by atoms with van der Waals surface area (Å²) < 4.78 is 11.0. The summed E-state index contributed by atoms with van der Waals surface area (Å²) in [6.45, 7) is 5.76. The van der Waals surface area contributed by atoms with E-state index in [1.54, 1.807) is 49.6 Å². The van der Waals surface area contributed by atoms with E-state index in [1.807, 2.05) is 38.3 Å². The molecule has 3 aromatic rings. The van der Waals surface area contributed by atoms with Crippen LogP contribution in [0, 0.1) is 6.92 Å². The molecule has 1 aliphatic heterocycles. The summed E-state index contributed by atoms with van der Waals surface area (Å²) in [5, 5.41) is 13.1. The molecule has 0 bridgehead atoms. The van der Waals surface area contributed by atoms with Gasteiger partial charge in [0.25, 0.3) is 11.7 Å². The maximum absolute atomic E-state index is 13.2. The third-order valence-electron chi connectivity index (χ3n) is 5.42. The number of ketones is 1. The third-order valence-corrected chi connectivity index (χ3v) is 6.34. The average molecular weight is 464 g/mol. The van der Waals surface area contributed by atoms with Crippen LogP contribution in [0.4, 0.5) is 5.69 Å². The van der Waals surface area contributed by atoms with Gasteiger partial charge in [0.2, 0.25) is 0 Å². The number of hydrogen-bond acceptors (Lipinski definition) is 6. The van der Waals surface area contributed by atoms with E-state index >= 15 is 0 Å². The van der Waals surface area contributed by atoms with Gasteiger partial charge in [0.15, 0.2) is 0 Å². The highest BCUT2D eigenvalue weighted by atomic mass is 32.1. The van der Waals surface area contributed by atoms with Crippen LogP contribution in [-0.2, 0) is 9.59 Å². The number of ether oxygens (including phenoxy) is 2. The lowest BCUT2D eigenvalue weighted by atomic mass is 9.98. The lowest BCUT2D eigenvalue weighted by Crippen LogP contribution is -2.29. The van der Waals surface area contributed by atoms with Crippen molar-refractivity contribution in [2.75, 3.05) is 12.0 Å². The number of rotatable bonds is 6. The summed E-state index contributed by atoms with van der Waals surface area (Å²) in [7, 11) is 1.56. The number of aryl methyl sites for hydroxylation is 1. The van der Waals surface area contributed by atoms with Crippen molar-refractivity contribution in [3.63, 3.8) is 0 Å². The molecule has 0 spiro atoms. The Labute approximate surface area is 196 Å². The molecule has 1 amide bonds. The van der Waals surface area contributed by atoms with E-state index in [0.29, 0.717) is 22.7 Å². The molecule has 6 nitrogen and oxygen atoms in total. The minimum Gasteiger partial charge on any atom is -0.507 e. The molecular weight excluding hydrogens is 438 g/mol. The van der Waals surface area contributed by atoms with Crippen LogP contribution in [0.15, 0.2) is 65.6 Å². The Morgan fingerprint density at radius 1 is 1.09 bits per heavy atom. The lowest BCUT2D eigenvalue weighted by Gasteiger charge is -2.24. The van der Waals surface area contributed by atoms with E-state index in [0.717, 1.165) is 10.4 Å². The van der Waals surface area contributed by atoms with Gasteiger partial charge in [0.1, 0.15) is 23.3 Å². The maximum Gasteiger partial charge on any atom is 0.300 e. The highest BCUT2D eigenvalue weighted by molar-refractivity contribution is 7.10. The van der Waals surface area contributed by atoms with Crippen LogP contribution >= 0.6 is 11.3 Å². The molecule has 2 heterocycles. The monoisotopic (exact) mass is 463 g/mol. The van der Waals surface area contributed by atoms with Crippen molar-refractivity contribution in [2.24, 2.45) is 0 Å². The third kappa shape index (κ3) is 4.24. The molecule has 1 unspecified atom stereocenters. The maximum atomic E-state index is 13.2. The Hall–Kier alpha value is -3.58. The van der Waals surface area contributed by atoms with Gasteiger partial charge in [-0.15, -0.1) is 11.3 Å². The highest BCUT2D eigenvalue weighted by Gasteiger charge is 2.47. The molecule has 1 aliphatic rings. The van der Waals surface area contributed by atoms with E-state index in [2.05, 4.69) is 0 Å². The fraction of sp³-hybridized carbons (Fsp3) is 0.231. The number of aliphatic hydroxyl groups is 1. The van der Waals surface area contributed by atoms with Gasteiger partial charge in [0, 0.05) is 16.1 Å². The van der Waals surface area contributed by atoms with Gasteiger partial charge in [-0.3, -0.25) is 14.5 Å². The largest absolute Gasteiger partial charge is 0.507 e. The summed E-state index contributed by atoms with van der Waals surface area (Å²) in [6.07, 6.45) is 0.0109. The minimum absolute atomic E-state index is 0.0109. The molecule has 7 heteroatoms. The summed E-state index contributed by atoms with van der Waals surface area (Å²) in [4.78, 5) is 28.5. The Balaban J connectivity index is 1.84. The fourth-order valence-electron chi connectivity index (χ4n) is 3.90. The first-order valence-electron chi connectivity index (χ1n) is 10.6. The van der Waals surface area contributed by atoms with Crippen molar-refractivity contribution in [3.05, 3.63) is 81.6 Å². The highest BCUT2D eigenvalue weighted by Crippen LogP contribution is 2.44. The van der Waals surface area contributed by atoms with Gasteiger partial charge < -0.3 is 14.6 Å². The Bertz CT molecular complexity index is 1210. The molecule has 1 fully saturated rings. The number of carbonyl (C=O) groups excluding carboxylic acids is 2. The summed E-state index contributed by atoms with van der Waals surface area (Å²) >= 11 is 1.42. The molecule has 33 heavy (non-hydrogen) atoms. The number of Topliss-reactive ketones (excluding diaryl/α,β-unsaturated/α-hetero) is 1. The first kappa shape index (κ1) is 22.6. The van der Waals surface area contributed by atoms with Crippen LogP contribution in [0.5, 0.6) is 11.5 Å². The Morgan fingerprint density at radius 3 is 2.39 bits per heavy atom. The second-order valence-corrected chi connectivity index (χ2v) is 9.01. The summed E-state index contributed by atoms with van der Waals surface area (Å²) in [6, 6.07) is 15.1. The van der Waals surface area contributed by atoms with Crippen LogP contribution in [0.25, 0.3) is 5.76 Å². The minimum atomic E-state index is -0.731. The molecular formula is C26H25NO5S. The number of thiophene rings is 1. The van der Waals surface area contributed by atoms with Gasteiger partial charge in [-0.25, -0.2) is 0 Å². The number of methoxy groups -OCH3 is 1. The van der Waals surface area contributed by atoms with Gasteiger partial charge >= 0.3 is 0 Å². The van der Waals surface area contributed by atoms with Gasteiger partial charge in [0.05, 0.1) is 18.8 Å². The molecule has 2 aromatic carbocycles. The van der Waals surface area contributed by atoms with E-state index < -0.39 is 17.7 Å². The van der Waals surface area contributed by atoms with Crippen molar-refractivity contribution in [2.45, 2.75) is 32.9 Å². The molecule has 0 aliphatic carbocycles. The van der Waals surface area contributed by atoms with Crippen molar-refractivity contribution >= 4 is 34.5 Å². The van der Waals surface area contributed by atoms with Crippen LogP contribution in [0.3, 0.4) is 0 Å². The molecule has 0 saturated carbocycles. The normalized spacial score (nSPS) is 17.6. The topological polar surface area (TPSA) is 76.1 Å². The molecule has 4 rings (SSSR count). The van der Waals surface area contributed by atoms with Crippen LogP contribution in [0.1, 0.15) is 35.9 Å². The summed E-state index contributed by atoms with van der Waals surface area (Å²) in [5.74, 6) is -0.266. The van der Waals surface area contributed by atoms with E-state index in [4.69, 9.17) is 9.47 Å². The van der Waals surface area contributed by atoms with Crippen LogP contribution < -0.4 is 14.4 Å². The van der Waals surface area contributed by atoms with Gasteiger partial charge in [-0.05, 0) is 80.2 Å². The second kappa shape index (κ2) is 9.11. The predicted octanol–water partition coefficient (Wildman–Crippen LogP) is 5.48. The quantitative estimate of drug-likeness (QED) is 0.298. The van der Waals surface area contributed by atoms with Crippen molar-refractivity contribution in [3.8, 4) is 11.5 Å². The molecule has 1 atom stereocenters. The molecule has 1 aromatic heterocycles. The number of nitrogens with zero attached hydrogens (tertiary/aromatic N) is 1. The summed E-state index contributed by atoms with van der Waals surface area (Å²) in [5.41, 5.74) is 1.89. The fourth-order valence-corrected chi connectivity index (χ4v) is 4.72. The smallest absolute Gasteiger partial charge is 0.300 e. The number of hydrogen-bond donors (Lipinski definition) is 1. The number of benzene rings is 2. The van der Waals surface area contributed by atoms with Crippen molar-refractivity contribution in [1.82, 2.24) is 0 Å². The lowest BCUT2D eigenvalue weighted by molar-refractivity contribution is -0.132. The van der Waals surface area contributed by atoms with Crippen molar-refractivity contribution in [1.29, 1.82) is 0 Å². The van der Waals surface area contributed by atoms with E-state index in [9.17, 15) is 14.7 Å². The van der Waals surface area contributed by atoms with E-state index in [-0.39, 0.29) is 17.4 Å². The molecule has 1 N–H and O–H groups in total. The molecule has 170 valence electrons. The first-order chi connectivity index (χ1) is 15.8. The van der Waals surface area contributed by atoms with Gasteiger partial charge in [-0.2, -0.15) is 0 Å². The van der Waals surface area contributed by atoms with E-state index in [1.165, 1.54) is 16.2 Å².